The van der Waals surface area contributed by atoms with Crippen LogP contribution in [0, 0.1) is 0 Å². The Morgan fingerprint density at radius 3 is 2.63 bits per heavy atom. The summed E-state index contributed by atoms with van der Waals surface area (Å²) in [6.45, 7) is 2.84. The lowest BCUT2D eigenvalue weighted by Crippen LogP contribution is -2.15. The molecule has 19 heavy (non-hydrogen) atoms. The second-order valence-electron chi connectivity index (χ2n) is 4.00. The topological polar surface area (TPSA) is 61.2 Å². The van der Waals surface area contributed by atoms with E-state index in [1.54, 1.807) is 6.92 Å². The largest absolute Gasteiger partial charge is 0.372 e. The van der Waals surface area contributed by atoms with E-state index in [4.69, 9.17) is 15.4 Å². The van der Waals surface area contributed by atoms with Crippen molar-refractivity contribution in [1.82, 2.24) is 9.78 Å². The molecule has 1 aromatic rings. The standard InChI is InChI=1S/C10H15ClF2N2O3S/c1-3-7(2)18-6-8-9(19(11,16)17)4-14-15(8)5-10(12)13/h4,7,10H,3,5-6H2,1-2H3/t7-/m0/s1. The molecule has 1 heterocycles. The predicted molar refractivity (Wildman–Crippen MR) is 65.8 cm³/mol. The lowest BCUT2D eigenvalue weighted by molar-refractivity contribution is 0.0425. The van der Waals surface area contributed by atoms with Crippen molar-refractivity contribution in [2.45, 2.75) is 50.8 Å². The van der Waals surface area contributed by atoms with Gasteiger partial charge in [0.25, 0.3) is 15.5 Å². The number of halogens is 3. The Morgan fingerprint density at radius 2 is 2.16 bits per heavy atom. The first-order chi connectivity index (χ1) is 8.75. The summed E-state index contributed by atoms with van der Waals surface area (Å²) in [5.74, 6) is 0. The van der Waals surface area contributed by atoms with E-state index in [0.29, 0.717) is 6.42 Å². The highest BCUT2D eigenvalue weighted by molar-refractivity contribution is 8.13. The first kappa shape index (κ1) is 16.3. The van der Waals surface area contributed by atoms with Crippen molar-refractivity contribution in [1.29, 1.82) is 0 Å². The molecule has 110 valence electrons. The SMILES string of the molecule is CC[C@H](C)OCc1c(S(=O)(=O)Cl)cnn1CC(F)F. The van der Waals surface area contributed by atoms with Gasteiger partial charge in [-0.3, -0.25) is 4.68 Å². The fourth-order valence-electron chi connectivity index (χ4n) is 1.37. The van der Waals surface area contributed by atoms with Gasteiger partial charge in [0.1, 0.15) is 11.4 Å². The highest BCUT2D eigenvalue weighted by Crippen LogP contribution is 2.22. The van der Waals surface area contributed by atoms with Gasteiger partial charge in [-0.05, 0) is 13.3 Å². The monoisotopic (exact) mass is 316 g/mol. The summed E-state index contributed by atoms with van der Waals surface area (Å²) in [6.07, 6.45) is -1.10. The average Bonchev–Trinajstić information content (AvgIpc) is 2.67. The molecule has 1 rings (SSSR count). The van der Waals surface area contributed by atoms with E-state index in [1.165, 1.54) is 0 Å². The van der Waals surface area contributed by atoms with Gasteiger partial charge in [-0.15, -0.1) is 0 Å². The summed E-state index contributed by atoms with van der Waals surface area (Å²) in [7, 11) is 1.20. The maximum absolute atomic E-state index is 12.4. The summed E-state index contributed by atoms with van der Waals surface area (Å²) in [4.78, 5) is -0.293. The van der Waals surface area contributed by atoms with Crippen molar-refractivity contribution >= 4 is 19.7 Å². The third-order valence-corrected chi connectivity index (χ3v) is 3.93. The molecule has 0 amide bonds. The number of hydrogen-bond donors (Lipinski definition) is 0. The van der Waals surface area contributed by atoms with Gasteiger partial charge in [-0.25, -0.2) is 17.2 Å². The molecule has 1 aromatic heterocycles. The van der Waals surface area contributed by atoms with Gasteiger partial charge in [-0.2, -0.15) is 5.10 Å². The molecule has 0 N–H and O–H groups in total. The molecule has 1 atom stereocenters. The molecule has 0 aliphatic heterocycles. The van der Waals surface area contributed by atoms with Crippen molar-refractivity contribution in [3.8, 4) is 0 Å². The van der Waals surface area contributed by atoms with Crippen LogP contribution in [0.4, 0.5) is 8.78 Å². The third-order valence-electron chi connectivity index (χ3n) is 2.56. The van der Waals surface area contributed by atoms with Gasteiger partial charge in [0, 0.05) is 10.7 Å². The van der Waals surface area contributed by atoms with Crippen LogP contribution in [0.2, 0.25) is 0 Å². The van der Waals surface area contributed by atoms with E-state index in [1.807, 2.05) is 6.92 Å². The Morgan fingerprint density at radius 1 is 1.53 bits per heavy atom. The minimum absolute atomic E-state index is 0.0376. The zero-order chi connectivity index (χ0) is 14.6. The Kier molecular flexibility index (Phi) is 5.69. The maximum Gasteiger partial charge on any atom is 0.264 e. The van der Waals surface area contributed by atoms with E-state index >= 15 is 0 Å². The normalized spacial score (nSPS) is 14.0. The molecule has 0 aliphatic rings. The number of rotatable bonds is 7. The summed E-state index contributed by atoms with van der Waals surface area (Å²) in [5.41, 5.74) is 0.0376. The van der Waals surface area contributed by atoms with E-state index in [9.17, 15) is 17.2 Å². The summed E-state index contributed by atoms with van der Waals surface area (Å²) < 4.78 is 53.7. The molecule has 0 unspecified atom stereocenters. The highest BCUT2D eigenvalue weighted by Gasteiger charge is 2.23. The molecule has 0 bridgehead atoms. The van der Waals surface area contributed by atoms with Crippen molar-refractivity contribution in [3.05, 3.63) is 11.9 Å². The summed E-state index contributed by atoms with van der Waals surface area (Å²) in [6, 6.07) is 0. The summed E-state index contributed by atoms with van der Waals surface area (Å²) >= 11 is 0. The molecule has 0 fully saturated rings. The van der Waals surface area contributed by atoms with Crippen LogP contribution in [0.25, 0.3) is 0 Å². The number of ether oxygens (including phenoxy) is 1. The van der Waals surface area contributed by atoms with Crippen LogP contribution in [-0.2, 0) is 26.9 Å². The zero-order valence-electron chi connectivity index (χ0n) is 10.5. The second kappa shape index (κ2) is 6.62. The van der Waals surface area contributed by atoms with Crippen molar-refractivity contribution < 1.29 is 21.9 Å². The lowest BCUT2D eigenvalue weighted by atomic mass is 10.3. The van der Waals surface area contributed by atoms with Crippen LogP contribution in [-0.4, -0.2) is 30.7 Å². The first-order valence-corrected chi connectivity index (χ1v) is 7.95. The van der Waals surface area contributed by atoms with Crippen LogP contribution in [0.1, 0.15) is 26.0 Å². The number of hydrogen-bond acceptors (Lipinski definition) is 4. The molecule has 0 saturated carbocycles. The predicted octanol–water partition coefficient (Wildman–Crippen LogP) is 2.39. The zero-order valence-corrected chi connectivity index (χ0v) is 12.1. The second-order valence-corrected chi connectivity index (χ2v) is 6.53. The fraction of sp³-hybridized carbons (Fsp3) is 0.700. The van der Waals surface area contributed by atoms with Gasteiger partial charge in [0.05, 0.1) is 24.6 Å². The molecular formula is C10H15ClF2N2O3S. The molecule has 0 spiro atoms. The van der Waals surface area contributed by atoms with Crippen LogP contribution >= 0.6 is 10.7 Å². The van der Waals surface area contributed by atoms with Crippen molar-refractivity contribution in [2.75, 3.05) is 0 Å². The van der Waals surface area contributed by atoms with Gasteiger partial charge in [-0.1, -0.05) is 6.92 Å². The molecule has 0 radical (unpaired) electrons. The van der Waals surface area contributed by atoms with Gasteiger partial charge in [0.15, 0.2) is 0 Å². The van der Waals surface area contributed by atoms with E-state index < -0.39 is 22.0 Å². The fourth-order valence-corrected chi connectivity index (χ4v) is 2.38. The smallest absolute Gasteiger partial charge is 0.264 e. The minimum atomic E-state index is -4.04. The molecule has 0 aromatic carbocycles. The Hall–Kier alpha value is -0.730. The molecule has 5 nitrogen and oxygen atoms in total. The van der Waals surface area contributed by atoms with Gasteiger partial charge >= 0.3 is 0 Å². The molecular weight excluding hydrogens is 302 g/mol. The number of nitrogens with zero attached hydrogens (tertiary/aromatic N) is 2. The Balaban J connectivity index is 3.04. The molecule has 9 heteroatoms. The molecule has 0 saturated heterocycles. The number of aromatic nitrogens is 2. The van der Waals surface area contributed by atoms with Gasteiger partial charge < -0.3 is 4.74 Å². The Labute approximate surface area is 114 Å². The third kappa shape index (κ3) is 4.70. The van der Waals surface area contributed by atoms with Crippen molar-refractivity contribution in [3.63, 3.8) is 0 Å². The first-order valence-electron chi connectivity index (χ1n) is 5.64. The number of alkyl halides is 2. The lowest BCUT2D eigenvalue weighted by Gasteiger charge is -2.13. The average molecular weight is 317 g/mol. The molecule has 0 aliphatic carbocycles. The highest BCUT2D eigenvalue weighted by atomic mass is 35.7. The van der Waals surface area contributed by atoms with Crippen LogP contribution in [0.5, 0.6) is 0 Å². The maximum atomic E-state index is 12.4. The van der Waals surface area contributed by atoms with E-state index in [0.717, 1.165) is 10.9 Å². The quantitative estimate of drug-likeness (QED) is 0.725. The van der Waals surface area contributed by atoms with Gasteiger partial charge in [0.2, 0.25) is 0 Å². The van der Waals surface area contributed by atoms with Crippen LogP contribution < -0.4 is 0 Å². The summed E-state index contributed by atoms with van der Waals surface area (Å²) in [5, 5.41) is 3.62. The Bertz CT molecular complexity index is 519. The minimum Gasteiger partial charge on any atom is -0.372 e. The van der Waals surface area contributed by atoms with E-state index in [2.05, 4.69) is 5.10 Å². The van der Waals surface area contributed by atoms with E-state index in [-0.39, 0.29) is 23.3 Å². The van der Waals surface area contributed by atoms with Crippen LogP contribution in [0.15, 0.2) is 11.1 Å². The van der Waals surface area contributed by atoms with Crippen molar-refractivity contribution in [2.24, 2.45) is 0 Å². The van der Waals surface area contributed by atoms with Crippen LogP contribution in [0.3, 0.4) is 0 Å².